The molecule has 0 radical (unpaired) electrons. The minimum Gasteiger partial charge on any atom is -0.350 e. The molecule has 0 spiro atoms. The number of carbonyl (C=O) groups excluding carboxylic acids is 1. The number of hydrogen-bond acceptors (Lipinski definition) is 4. The summed E-state index contributed by atoms with van der Waals surface area (Å²) in [5.41, 5.74) is 1.29. The van der Waals surface area contributed by atoms with E-state index in [1.54, 1.807) is 12.3 Å². The summed E-state index contributed by atoms with van der Waals surface area (Å²) in [7, 11) is 0. The summed E-state index contributed by atoms with van der Waals surface area (Å²) in [6, 6.07) is 9.14. The van der Waals surface area contributed by atoms with Crippen LogP contribution in [-0.4, -0.2) is 22.4 Å². The summed E-state index contributed by atoms with van der Waals surface area (Å²) in [6.07, 6.45) is 1.56. The van der Waals surface area contributed by atoms with Crippen LogP contribution in [0.25, 0.3) is 0 Å². The van der Waals surface area contributed by atoms with Gasteiger partial charge in [-0.3, -0.25) is 4.79 Å². The van der Waals surface area contributed by atoms with E-state index in [1.165, 1.54) is 0 Å². The molecule has 0 saturated heterocycles. The maximum Gasteiger partial charge on any atom is 0.270 e. The first-order valence-electron chi connectivity index (χ1n) is 7.15. The van der Waals surface area contributed by atoms with Crippen molar-refractivity contribution in [2.75, 3.05) is 11.9 Å². The number of aromatic nitrogens is 2. The summed E-state index contributed by atoms with van der Waals surface area (Å²) in [4.78, 5) is 20.3. The van der Waals surface area contributed by atoms with Crippen LogP contribution in [0.1, 0.15) is 29.9 Å². The van der Waals surface area contributed by atoms with Crippen LogP contribution in [0, 0.1) is 5.92 Å². The van der Waals surface area contributed by atoms with Crippen LogP contribution in [0.4, 0.5) is 5.95 Å². The molecule has 0 fully saturated rings. The number of carbonyl (C=O) groups is 1. The van der Waals surface area contributed by atoms with Gasteiger partial charge in [-0.1, -0.05) is 43.6 Å². The summed E-state index contributed by atoms with van der Waals surface area (Å²) >= 11 is 6.10. The highest BCUT2D eigenvalue weighted by atomic mass is 35.5. The zero-order valence-corrected chi connectivity index (χ0v) is 13.4. The van der Waals surface area contributed by atoms with Gasteiger partial charge in [0.15, 0.2) is 0 Å². The fourth-order valence-corrected chi connectivity index (χ4v) is 1.98. The summed E-state index contributed by atoms with van der Waals surface area (Å²) in [5, 5.41) is 6.59. The first kappa shape index (κ1) is 16.2. The first-order valence-corrected chi connectivity index (χ1v) is 7.52. The lowest BCUT2D eigenvalue weighted by atomic mass is 10.2. The Labute approximate surface area is 135 Å². The van der Waals surface area contributed by atoms with Crippen LogP contribution in [0.5, 0.6) is 0 Å². The molecule has 0 aliphatic rings. The number of nitrogens with one attached hydrogen (secondary N) is 2. The van der Waals surface area contributed by atoms with Crippen molar-refractivity contribution >= 4 is 23.5 Å². The van der Waals surface area contributed by atoms with Gasteiger partial charge >= 0.3 is 0 Å². The molecule has 2 aromatic rings. The maximum atomic E-state index is 12.0. The predicted octanol–water partition coefficient (Wildman–Crippen LogP) is 3.13. The third kappa shape index (κ3) is 4.70. The third-order valence-electron chi connectivity index (χ3n) is 2.95. The molecule has 2 rings (SSSR count). The number of nitrogens with zero attached hydrogens (tertiary/aromatic N) is 2. The molecule has 0 unspecified atom stereocenters. The van der Waals surface area contributed by atoms with E-state index in [9.17, 15) is 4.79 Å². The van der Waals surface area contributed by atoms with Crippen molar-refractivity contribution in [2.45, 2.75) is 20.4 Å². The smallest absolute Gasteiger partial charge is 0.270 e. The molecule has 5 nitrogen and oxygen atoms in total. The van der Waals surface area contributed by atoms with Crippen LogP contribution in [0.3, 0.4) is 0 Å². The first-order chi connectivity index (χ1) is 10.6. The predicted molar refractivity (Wildman–Crippen MR) is 88.0 cm³/mol. The van der Waals surface area contributed by atoms with E-state index in [1.807, 2.05) is 38.1 Å². The van der Waals surface area contributed by atoms with Gasteiger partial charge in [0.25, 0.3) is 5.91 Å². The van der Waals surface area contributed by atoms with Crippen LogP contribution >= 0.6 is 11.6 Å². The van der Waals surface area contributed by atoms with Gasteiger partial charge in [0.2, 0.25) is 5.95 Å². The van der Waals surface area contributed by atoms with Gasteiger partial charge in [-0.15, -0.1) is 0 Å². The van der Waals surface area contributed by atoms with Gasteiger partial charge in [-0.25, -0.2) is 9.97 Å². The van der Waals surface area contributed by atoms with Gasteiger partial charge in [-0.2, -0.15) is 0 Å². The highest BCUT2D eigenvalue weighted by Gasteiger charge is 2.09. The average Bonchev–Trinajstić information content (AvgIpc) is 2.52. The monoisotopic (exact) mass is 318 g/mol. The molecule has 22 heavy (non-hydrogen) atoms. The lowest BCUT2D eigenvalue weighted by Crippen LogP contribution is -2.28. The molecule has 0 aliphatic heterocycles. The summed E-state index contributed by atoms with van der Waals surface area (Å²) < 4.78 is 0. The topological polar surface area (TPSA) is 66.9 Å². The maximum absolute atomic E-state index is 12.0. The fourth-order valence-electron chi connectivity index (χ4n) is 1.77. The van der Waals surface area contributed by atoms with E-state index in [0.717, 1.165) is 5.56 Å². The summed E-state index contributed by atoms with van der Waals surface area (Å²) in [6.45, 7) is 5.19. The minimum absolute atomic E-state index is 0.197. The number of amides is 1. The number of anilines is 1. The Morgan fingerprint density at radius 1 is 1.27 bits per heavy atom. The Balaban J connectivity index is 1.99. The van der Waals surface area contributed by atoms with E-state index in [4.69, 9.17) is 11.6 Å². The van der Waals surface area contributed by atoms with Gasteiger partial charge in [0.05, 0.1) is 0 Å². The van der Waals surface area contributed by atoms with Crippen molar-refractivity contribution in [1.29, 1.82) is 0 Å². The average molecular weight is 319 g/mol. The Hall–Kier alpha value is -2.14. The normalized spacial score (nSPS) is 10.5. The fraction of sp³-hybridized carbons (Fsp3) is 0.312. The molecule has 0 atom stereocenters. The van der Waals surface area contributed by atoms with Crippen LogP contribution < -0.4 is 10.6 Å². The highest BCUT2D eigenvalue weighted by molar-refractivity contribution is 6.31. The van der Waals surface area contributed by atoms with Crippen molar-refractivity contribution in [1.82, 2.24) is 15.3 Å². The Kier molecular flexibility index (Phi) is 5.72. The molecular formula is C16H19ClN4O. The third-order valence-corrected chi connectivity index (χ3v) is 3.32. The van der Waals surface area contributed by atoms with E-state index in [2.05, 4.69) is 20.6 Å². The second-order valence-electron chi connectivity index (χ2n) is 5.31. The number of hydrogen-bond donors (Lipinski definition) is 2. The highest BCUT2D eigenvalue weighted by Crippen LogP contribution is 2.15. The molecule has 1 amide bonds. The quantitative estimate of drug-likeness (QED) is 0.858. The van der Waals surface area contributed by atoms with Crippen molar-refractivity contribution in [3.63, 3.8) is 0 Å². The van der Waals surface area contributed by atoms with E-state index in [-0.39, 0.29) is 5.91 Å². The SMILES string of the molecule is CC(C)CNC(=O)c1ccnc(NCc2ccccc2Cl)n1. The molecule has 1 aromatic carbocycles. The second-order valence-corrected chi connectivity index (χ2v) is 5.72. The van der Waals surface area contributed by atoms with Crippen LogP contribution in [0.15, 0.2) is 36.5 Å². The number of halogens is 1. The lowest BCUT2D eigenvalue weighted by molar-refractivity contribution is 0.0944. The molecule has 0 saturated carbocycles. The number of rotatable bonds is 6. The van der Waals surface area contributed by atoms with Crippen molar-refractivity contribution in [2.24, 2.45) is 5.92 Å². The molecule has 2 N–H and O–H groups in total. The molecule has 1 heterocycles. The Morgan fingerprint density at radius 3 is 2.77 bits per heavy atom. The largest absolute Gasteiger partial charge is 0.350 e. The molecule has 1 aromatic heterocycles. The molecular weight excluding hydrogens is 300 g/mol. The Bertz CT molecular complexity index is 646. The molecule has 116 valence electrons. The second kappa shape index (κ2) is 7.75. The van der Waals surface area contributed by atoms with Crippen molar-refractivity contribution in [3.8, 4) is 0 Å². The van der Waals surface area contributed by atoms with Gasteiger partial charge in [0.1, 0.15) is 5.69 Å². The molecule has 6 heteroatoms. The van der Waals surface area contributed by atoms with Crippen LogP contribution in [-0.2, 0) is 6.54 Å². The van der Waals surface area contributed by atoms with Crippen LogP contribution in [0.2, 0.25) is 5.02 Å². The standard InChI is InChI=1S/C16H19ClN4O/c1-11(2)9-19-15(22)14-7-8-18-16(21-14)20-10-12-5-3-4-6-13(12)17/h3-8,11H,9-10H2,1-2H3,(H,19,22)(H,18,20,21). The van der Waals surface area contributed by atoms with E-state index < -0.39 is 0 Å². The van der Waals surface area contributed by atoms with Gasteiger partial charge in [-0.05, 0) is 23.6 Å². The Morgan fingerprint density at radius 2 is 2.05 bits per heavy atom. The van der Waals surface area contributed by atoms with E-state index in [0.29, 0.717) is 35.7 Å². The lowest BCUT2D eigenvalue weighted by Gasteiger charge is -2.09. The van der Waals surface area contributed by atoms with Crippen molar-refractivity contribution in [3.05, 3.63) is 52.8 Å². The van der Waals surface area contributed by atoms with Crippen molar-refractivity contribution < 1.29 is 4.79 Å². The number of benzene rings is 1. The van der Waals surface area contributed by atoms with Gasteiger partial charge in [0, 0.05) is 24.3 Å². The zero-order chi connectivity index (χ0) is 15.9. The summed E-state index contributed by atoms with van der Waals surface area (Å²) in [5.74, 6) is 0.595. The molecule has 0 aliphatic carbocycles. The zero-order valence-electron chi connectivity index (χ0n) is 12.6. The van der Waals surface area contributed by atoms with E-state index >= 15 is 0 Å². The minimum atomic E-state index is -0.197. The van der Waals surface area contributed by atoms with Gasteiger partial charge < -0.3 is 10.6 Å². The molecule has 0 bridgehead atoms.